The average Bonchev–Trinajstić information content (AvgIpc) is 2.55. The Kier molecular flexibility index (Phi) is 7.03. The molecule has 1 aliphatic heterocycles. The third-order valence-electron chi connectivity index (χ3n) is 4.49. The van der Waals surface area contributed by atoms with Gasteiger partial charge in [0.15, 0.2) is 0 Å². The second kappa shape index (κ2) is 9.02. The minimum atomic E-state index is -0.0770. The maximum absolute atomic E-state index is 12.5. The van der Waals surface area contributed by atoms with E-state index in [2.05, 4.69) is 60.3 Å². The van der Waals surface area contributed by atoms with Crippen LogP contribution in [-0.2, 0) is 4.79 Å². The van der Waals surface area contributed by atoms with E-state index in [1.807, 2.05) is 6.20 Å². The molecule has 0 saturated carbocycles. The number of aromatic nitrogens is 1. The van der Waals surface area contributed by atoms with Crippen LogP contribution in [0.1, 0.15) is 52.0 Å². The lowest BCUT2D eigenvalue weighted by Crippen LogP contribution is -2.52. The van der Waals surface area contributed by atoms with Crippen molar-refractivity contribution in [2.45, 2.75) is 71.5 Å². The second-order valence-corrected chi connectivity index (χ2v) is 7.13. The Morgan fingerprint density at radius 3 is 2.58 bits per heavy atom. The van der Waals surface area contributed by atoms with Crippen molar-refractivity contribution in [3.05, 3.63) is 23.9 Å². The van der Waals surface area contributed by atoms with Crippen LogP contribution in [0.3, 0.4) is 0 Å². The van der Waals surface area contributed by atoms with E-state index >= 15 is 0 Å². The van der Waals surface area contributed by atoms with Gasteiger partial charge in [0.2, 0.25) is 5.91 Å². The summed E-state index contributed by atoms with van der Waals surface area (Å²) in [6.07, 6.45) is 5.76. The van der Waals surface area contributed by atoms with Crippen molar-refractivity contribution in [3.8, 4) is 0 Å². The summed E-state index contributed by atoms with van der Waals surface area (Å²) < 4.78 is 0. The van der Waals surface area contributed by atoms with Crippen molar-refractivity contribution in [2.75, 3.05) is 18.0 Å². The lowest BCUT2D eigenvalue weighted by atomic mass is 10.0. The highest BCUT2D eigenvalue weighted by atomic mass is 16.2. The predicted octanol–water partition coefficient (Wildman–Crippen LogP) is 2.64. The lowest BCUT2D eigenvalue weighted by molar-refractivity contribution is -0.124. The van der Waals surface area contributed by atoms with Gasteiger partial charge in [0.05, 0.1) is 6.04 Å². The van der Waals surface area contributed by atoms with E-state index in [-0.39, 0.29) is 18.0 Å². The SMILES string of the molecule is CCCC(NC(C)C)C(=O)NC1CCN(c2ccc(C)cn2)CC1. The molecule has 1 fully saturated rings. The first-order valence-electron chi connectivity index (χ1n) is 9.23. The zero-order chi connectivity index (χ0) is 17.5. The van der Waals surface area contributed by atoms with E-state index in [0.717, 1.165) is 44.6 Å². The molecule has 1 aromatic rings. The number of amides is 1. The van der Waals surface area contributed by atoms with Crippen LogP contribution in [0.15, 0.2) is 18.3 Å². The van der Waals surface area contributed by atoms with Crippen LogP contribution < -0.4 is 15.5 Å². The van der Waals surface area contributed by atoms with Crippen molar-refractivity contribution in [1.29, 1.82) is 0 Å². The number of hydrogen-bond donors (Lipinski definition) is 2. The van der Waals surface area contributed by atoms with Gasteiger partial charge in [-0.25, -0.2) is 4.98 Å². The molecule has 1 aliphatic rings. The molecule has 1 unspecified atom stereocenters. The molecule has 1 aromatic heterocycles. The highest BCUT2D eigenvalue weighted by Crippen LogP contribution is 2.18. The maximum Gasteiger partial charge on any atom is 0.237 e. The Morgan fingerprint density at radius 1 is 1.33 bits per heavy atom. The number of hydrogen-bond acceptors (Lipinski definition) is 4. The van der Waals surface area contributed by atoms with E-state index < -0.39 is 0 Å². The largest absolute Gasteiger partial charge is 0.356 e. The van der Waals surface area contributed by atoms with Crippen molar-refractivity contribution >= 4 is 11.7 Å². The van der Waals surface area contributed by atoms with E-state index in [0.29, 0.717) is 6.04 Å². The molecular formula is C19H32N4O. The molecule has 0 spiro atoms. The van der Waals surface area contributed by atoms with E-state index in [4.69, 9.17) is 0 Å². The topological polar surface area (TPSA) is 57.3 Å². The number of nitrogens with zero attached hydrogens (tertiary/aromatic N) is 2. The molecule has 0 radical (unpaired) electrons. The first-order valence-corrected chi connectivity index (χ1v) is 9.23. The molecule has 134 valence electrons. The molecule has 5 heteroatoms. The lowest BCUT2D eigenvalue weighted by Gasteiger charge is -2.34. The van der Waals surface area contributed by atoms with Crippen molar-refractivity contribution in [3.63, 3.8) is 0 Å². The fourth-order valence-electron chi connectivity index (χ4n) is 3.18. The normalized spacial score (nSPS) is 17.1. The summed E-state index contributed by atoms with van der Waals surface area (Å²) in [5, 5.41) is 6.62. The molecule has 24 heavy (non-hydrogen) atoms. The first kappa shape index (κ1) is 18.7. The van der Waals surface area contributed by atoms with E-state index in [1.54, 1.807) is 0 Å². The summed E-state index contributed by atoms with van der Waals surface area (Å²) in [5.74, 6) is 1.19. The summed E-state index contributed by atoms with van der Waals surface area (Å²) in [4.78, 5) is 19.3. The van der Waals surface area contributed by atoms with E-state index in [1.165, 1.54) is 5.56 Å². The number of carbonyl (C=O) groups is 1. The van der Waals surface area contributed by atoms with Crippen molar-refractivity contribution in [2.24, 2.45) is 0 Å². The van der Waals surface area contributed by atoms with Gasteiger partial charge >= 0.3 is 0 Å². The number of nitrogens with one attached hydrogen (secondary N) is 2. The average molecular weight is 332 g/mol. The molecule has 2 rings (SSSR count). The Hall–Kier alpha value is -1.62. The van der Waals surface area contributed by atoms with Crippen LogP contribution in [0.5, 0.6) is 0 Å². The molecular weight excluding hydrogens is 300 g/mol. The predicted molar refractivity (Wildman–Crippen MR) is 99.3 cm³/mol. The second-order valence-electron chi connectivity index (χ2n) is 7.13. The van der Waals surface area contributed by atoms with Gasteiger partial charge in [-0.2, -0.15) is 0 Å². The fourth-order valence-corrected chi connectivity index (χ4v) is 3.18. The monoisotopic (exact) mass is 332 g/mol. The molecule has 2 heterocycles. The molecule has 0 bridgehead atoms. The van der Waals surface area contributed by atoms with Gasteiger partial charge in [0.25, 0.3) is 0 Å². The Labute approximate surface area is 146 Å². The van der Waals surface area contributed by atoms with Crippen LogP contribution in [0.4, 0.5) is 5.82 Å². The number of pyridine rings is 1. The first-order chi connectivity index (χ1) is 11.5. The van der Waals surface area contributed by atoms with Crippen LogP contribution >= 0.6 is 0 Å². The number of piperidine rings is 1. The number of anilines is 1. The van der Waals surface area contributed by atoms with Crippen molar-refractivity contribution < 1.29 is 4.79 Å². The van der Waals surface area contributed by atoms with Gasteiger partial charge in [-0.05, 0) is 37.8 Å². The highest BCUT2D eigenvalue weighted by Gasteiger charge is 2.25. The molecule has 1 saturated heterocycles. The van der Waals surface area contributed by atoms with Gasteiger partial charge in [0.1, 0.15) is 5.82 Å². The minimum Gasteiger partial charge on any atom is -0.356 e. The minimum absolute atomic E-state index is 0.0770. The van der Waals surface area contributed by atoms with Crippen LogP contribution in [0.2, 0.25) is 0 Å². The Bertz CT molecular complexity index is 507. The summed E-state index contributed by atoms with van der Waals surface area (Å²) >= 11 is 0. The van der Waals surface area contributed by atoms with Gasteiger partial charge in [-0.15, -0.1) is 0 Å². The van der Waals surface area contributed by atoms with E-state index in [9.17, 15) is 4.79 Å². The standard InChI is InChI=1S/C19H32N4O/c1-5-6-17(21-14(2)3)19(24)22-16-9-11-23(12-10-16)18-8-7-15(4)13-20-18/h7-8,13-14,16-17,21H,5-6,9-12H2,1-4H3,(H,22,24). The molecule has 2 N–H and O–H groups in total. The summed E-state index contributed by atoms with van der Waals surface area (Å²) in [6, 6.07) is 4.70. The Morgan fingerprint density at radius 2 is 2.04 bits per heavy atom. The third kappa shape index (κ3) is 5.48. The third-order valence-corrected chi connectivity index (χ3v) is 4.49. The number of carbonyl (C=O) groups excluding carboxylic acids is 1. The zero-order valence-corrected chi connectivity index (χ0v) is 15.5. The number of rotatable bonds is 7. The quantitative estimate of drug-likeness (QED) is 0.806. The molecule has 1 atom stereocenters. The van der Waals surface area contributed by atoms with Crippen LogP contribution in [0, 0.1) is 6.92 Å². The molecule has 5 nitrogen and oxygen atoms in total. The van der Waals surface area contributed by atoms with Crippen molar-refractivity contribution in [1.82, 2.24) is 15.6 Å². The smallest absolute Gasteiger partial charge is 0.237 e. The van der Waals surface area contributed by atoms with Gasteiger partial charge < -0.3 is 15.5 Å². The molecule has 0 aliphatic carbocycles. The number of aryl methyl sites for hydroxylation is 1. The summed E-state index contributed by atoms with van der Waals surface area (Å²) in [7, 11) is 0. The summed E-state index contributed by atoms with van der Waals surface area (Å²) in [6.45, 7) is 10.2. The zero-order valence-electron chi connectivity index (χ0n) is 15.5. The highest BCUT2D eigenvalue weighted by molar-refractivity contribution is 5.82. The maximum atomic E-state index is 12.5. The fraction of sp³-hybridized carbons (Fsp3) is 0.684. The van der Waals surface area contributed by atoms with Gasteiger partial charge in [0, 0.05) is 31.4 Å². The van der Waals surface area contributed by atoms with Crippen LogP contribution in [0.25, 0.3) is 0 Å². The molecule has 0 aromatic carbocycles. The van der Waals surface area contributed by atoms with Crippen LogP contribution in [-0.4, -0.2) is 42.1 Å². The van der Waals surface area contributed by atoms with Gasteiger partial charge in [-0.1, -0.05) is 33.3 Å². The summed E-state index contributed by atoms with van der Waals surface area (Å²) in [5.41, 5.74) is 1.18. The molecule has 1 amide bonds. The Balaban J connectivity index is 1.83. The van der Waals surface area contributed by atoms with Gasteiger partial charge in [-0.3, -0.25) is 4.79 Å².